The molecule has 6 atom stereocenters. The molecular weight excluding hydrogens is 524 g/mol. The number of hydrogen-bond acceptors (Lipinski definition) is 5. The summed E-state index contributed by atoms with van der Waals surface area (Å²) in [6, 6.07) is 2.20. The number of nitrogens with one attached hydrogen (secondary N) is 1. The first-order chi connectivity index (χ1) is 19.4. The molecule has 0 bridgehead atoms. The minimum atomic E-state index is -0.666. The fourth-order valence-corrected chi connectivity index (χ4v) is 9.47. The Morgan fingerprint density at radius 3 is 2.29 bits per heavy atom. The molecule has 0 saturated heterocycles. The van der Waals surface area contributed by atoms with Gasteiger partial charge in [-0.2, -0.15) is 5.26 Å². The van der Waals surface area contributed by atoms with Crippen LogP contribution in [-0.2, 0) is 14.3 Å². The molecule has 4 rings (SSSR count). The SMILES string of the molecule is CCNC(=O)OCC[C@@]1(C)CCC(C)(C)CCC2C(=O)C=C3[C@@]4(C)C=C(C#N)C(=O)C(C)(C)[C@@H]4CC[C@@]3(C)[C@]2(C)CC1. The third-order valence-corrected chi connectivity index (χ3v) is 12.8. The number of carbonyl (C=O) groups excluding carboxylic acids is 3. The van der Waals surface area contributed by atoms with Crippen LogP contribution in [0.25, 0.3) is 0 Å². The van der Waals surface area contributed by atoms with Gasteiger partial charge in [-0.1, -0.05) is 67.0 Å². The second-order valence-corrected chi connectivity index (χ2v) is 16.3. The van der Waals surface area contributed by atoms with Gasteiger partial charge in [0.15, 0.2) is 11.6 Å². The van der Waals surface area contributed by atoms with E-state index >= 15 is 0 Å². The van der Waals surface area contributed by atoms with Gasteiger partial charge < -0.3 is 10.1 Å². The molecule has 1 unspecified atom stereocenters. The zero-order chi connectivity index (χ0) is 31.4. The zero-order valence-corrected chi connectivity index (χ0v) is 27.7. The van der Waals surface area contributed by atoms with E-state index in [9.17, 15) is 19.6 Å². The van der Waals surface area contributed by atoms with Crippen molar-refractivity contribution in [3.05, 3.63) is 23.3 Å². The number of carbonyl (C=O) groups is 3. The average Bonchev–Trinajstić information content (AvgIpc) is 2.90. The topological polar surface area (TPSA) is 96.3 Å². The van der Waals surface area contributed by atoms with Crippen LogP contribution in [0.15, 0.2) is 23.3 Å². The summed E-state index contributed by atoms with van der Waals surface area (Å²) in [4.78, 5) is 39.6. The first-order valence-corrected chi connectivity index (χ1v) is 16.2. The normalized spacial score (nSPS) is 39.3. The molecular formula is C36H54N2O4. The zero-order valence-electron chi connectivity index (χ0n) is 27.7. The molecule has 0 spiro atoms. The Morgan fingerprint density at radius 1 is 0.976 bits per heavy atom. The maximum Gasteiger partial charge on any atom is 0.407 e. The maximum atomic E-state index is 14.3. The van der Waals surface area contributed by atoms with Gasteiger partial charge in [-0.15, -0.1) is 0 Å². The lowest BCUT2D eigenvalue weighted by molar-refractivity contribution is -0.139. The Hall–Kier alpha value is -2.42. The standard InChI is InChI=1S/C36H54N2O4/c1-10-38-30(41)42-20-19-33(6)16-15-31(2,3)13-11-25-26(39)21-28-34(7)22-24(23-37)29(40)32(4,5)27(34)12-14-36(28,9)35(25,8)18-17-33/h21-22,25,27H,10-20H2,1-9H3,(H,38,41)/t25?,27-,33-,34-,35+,36+/m0/s1. The van der Waals surface area contributed by atoms with Crippen molar-refractivity contribution in [1.82, 2.24) is 5.32 Å². The number of ketones is 2. The van der Waals surface area contributed by atoms with Gasteiger partial charge in [0.1, 0.15) is 6.07 Å². The lowest BCUT2D eigenvalue weighted by Gasteiger charge is -2.65. The van der Waals surface area contributed by atoms with Gasteiger partial charge in [0.05, 0.1) is 12.2 Å². The van der Waals surface area contributed by atoms with Crippen LogP contribution in [0.3, 0.4) is 0 Å². The van der Waals surface area contributed by atoms with Gasteiger partial charge in [-0.3, -0.25) is 9.59 Å². The Morgan fingerprint density at radius 2 is 1.64 bits per heavy atom. The number of Topliss-reactive ketones (excluding diaryl/α,β-unsaturated/α-hetero) is 1. The Labute approximate surface area is 254 Å². The lowest BCUT2D eigenvalue weighted by Crippen LogP contribution is -2.60. The van der Waals surface area contributed by atoms with Crippen molar-refractivity contribution in [3.63, 3.8) is 0 Å². The highest BCUT2D eigenvalue weighted by Gasteiger charge is 2.65. The molecule has 0 aromatic carbocycles. The summed E-state index contributed by atoms with van der Waals surface area (Å²) in [5.41, 5.74) is -0.276. The summed E-state index contributed by atoms with van der Waals surface area (Å²) in [5, 5.41) is 12.7. The third-order valence-electron chi connectivity index (χ3n) is 12.8. The van der Waals surface area contributed by atoms with E-state index in [1.807, 2.05) is 32.9 Å². The number of fused-ring (bicyclic) bond motifs is 5. The van der Waals surface area contributed by atoms with Crippen molar-refractivity contribution in [2.75, 3.05) is 13.2 Å². The third kappa shape index (κ3) is 5.28. The molecule has 1 amide bonds. The molecule has 2 saturated carbocycles. The molecule has 4 aliphatic rings. The number of amides is 1. The molecule has 232 valence electrons. The number of nitrogens with zero attached hydrogens (tertiary/aromatic N) is 1. The van der Waals surface area contributed by atoms with Gasteiger partial charge in [0.2, 0.25) is 0 Å². The second-order valence-electron chi connectivity index (χ2n) is 16.3. The van der Waals surface area contributed by atoms with Crippen LogP contribution in [0, 0.1) is 55.7 Å². The minimum Gasteiger partial charge on any atom is -0.450 e. The van der Waals surface area contributed by atoms with Crippen LogP contribution in [0.4, 0.5) is 4.79 Å². The van der Waals surface area contributed by atoms with E-state index in [0.717, 1.165) is 63.4 Å². The molecule has 6 nitrogen and oxygen atoms in total. The van der Waals surface area contributed by atoms with Crippen LogP contribution in [0.1, 0.15) is 120 Å². The van der Waals surface area contributed by atoms with Crippen LogP contribution in [-0.4, -0.2) is 30.8 Å². The van der Waals surface area contributed by atoms with Crippen LogP contribution in [0.5, 0.6) is 0 Å². The van der Waals surface area contributed by atoms with E-state index in [-0.39, 0.29) is 56.7 Å². The van der Waals surface area contributed by atoms with Crippen molar-refractivity contribution in [2.45, 2.75) is 120 Å². The van der Waals surface area contributed by atoms with E-state index in [1.165, 1.54) is 0 Å². The number of ether oxygens (including phenoxy) is 1. The van der Waals surface area contributed by atoms with Crippen molar-refractivity contribution in [1.29, 1.82) is 5.26 Å². The van der Waals surface area contributed by atoms with Gasteiger partial charge in [-0.25, -0.2) is 4.79 Å². The summed E-state index contributed by atoms with van der Waals surface area (Å²) in [6.45, 7) is 20.7. The molecule has 2 fully saturated rings. The first kappa shape index (κ1) is 32.5. The molecule has 0 heterocycles. The summed E-state index contributed by atoms with van der Waals surface area (Å²) >= 11 is 0. The fourth-order valence-electron chi connectivity index (χ4n) is 9.47. The van der Waals surface area contributed by atoms with Gasteiger partial charge in [0.25, 0.3) is 0 Å². The van der Waals surface area contributed by atoms with Gasteiger partial charge >= 0.3 is 6.09 Å². The summed E-state index contributed by atoms with van der Waals surface area (Å²) < 4.78 is 5.53. The second kappa shape index (κ2) is 10.9. The molecule has 1 N–H and O–H groups in total. The average molecular weight is 579 g/mol. The summed E-state index contributed by atoms with van der Waals surface area (Å²) in [7, 11) is 0. The highest BCUT2D eigenvalue weighted by Crippen LogP contribution is 2.70. The maximum absolute atomic E-state index is 14.3. The van der Waals surface area contributed by atoms with Crippen molar-refractivity contribution in [2.24, 2.45) is 44.3 Å². The van der Waals surface area contributed by atoms with Crippen molar-refractivity contribution in [3.8, 4) is 6.07 Å². The highest BCUT2D eigenvalue weighted by molar-refractivity contribution is 6.04. The largest absolute Gasteiger partial charge is 0.450 e. The molecule has 0 aromatic heterocycles. The van der Waals surface area contributed by atoms with Crippen molar-refractivity contribution >= 4 is 17.7 Å². The lowest BCUT2D eigenvalue weighted by atomic mass is 9.38. The highest BCUT2D eigenvalue weighted by atomic mass is 16.5. The number of hydrogen-bond donors (Lipinski definition) is 1. The minimum absolute atomic E-state index is 0.0242. The molecule has 0 radical (unpaired) electrons. The summed E-state index contributed by atoms with van der Waals surface area (Å²) in [5.74, 6) is 0.106. The van der Waals surface area contributed by atoms with E-state index in [2.05, 4.69) is 52.9 Å². The van der Waals surface area contributed by atoms with Crippen LogP contribution < -0.4 is 5.32 Å². The quantitative estimate of drug-likeness (QED) is 0.363. The molecule has 0 aliphatic heterocycles. The number of rotatable bonds is 4. The predicted molar refractivity (Wildman–Crippen MR) is 165 cm³/mol. The van der Waals surface area contributed by atoms with E-state index < -0.39 is 10.8 Å². The van der Waals surface area contributed by atoms with E-state index in [4.69, 9.17) is 4.74 Å². The monoisotopic (exact) mass is 578 g/mol. The van der Waals surface area contributed by atoms with Crippen LogP contribution in [0.2, 0.25) is 0 Å². The fraction of sp³-hybridized carbons (Fsp3) is 0.778. The Balaban J connectivity index is 1.77. The summed E-state index contributed by atoms with van der Waals surface area (Å²) in [6.07, 6.45) is 12.0. The Bertz CT molecular complexity index is 1240. The van der Waals surface area contributed by atoms with Crippen molar-refractivity contribution < 1.29 is 19.1 Å². The Kier molecular flexibility index (Phi) is 8.46. The molecule has 0 aromatic rings. The molecule has 42 heavy (non-hydrogen) atoms. The van der Waals surface area contributed by atoms with E-state index in [1.54, 1.807) is 0 Å². The molecule has 4 aliphatic carbocycles. The predicted octanol–water partition coefficient (Wildman–Crippen LogP) is 8.12. The number of alkyl carbamates (subject to hydrolysis) is 1. The van der Waals surface area contributed by atoms with E-state index in [0.29, 0.717) is 13.2 Å². The molecule has 6 heteroatoms. The number of nitriles is 1. The van der Waals surface area contributed by atoms with Gasteiger partial charge in [-0.05, 0) is 98.4 Å². The first-order valence-electron chi connectivity index (χ1n) is 16.2. The number of allylic oxidation sites excluding steroid dienone is 4. The smallest absolute Gasteiger partial charge is 0.407 e. The van der Waals surface area contributed by atoms with Gasteiger partial charge in [0, 0.05) is 23.3 Å². The van der Waals surface area contributed by atoms with Crippen LogP contribution >= 0.6 is 0 Å².